The number of amides is 1. The third-order valence-electron chi connectivity index (χ3n) is 2.26. The molecule has 1 aromatic carbocycles. The molecule has 0 bridgehead atoms. The van der Waals surface area contributed by atoms with Gasteiger partial charge in [-0.15, -0.1) is 13.2 Å². The number of H-pyrrole nitrogens is 1. The van der Waals surface area contributed by atoms with E-state index in [2.05, 4.69) is 36.2 Å². The van der Waals surface area contributed by atoms with Gasteiger partial charge in [0.15, 0.2) is 0 Å². The van der Waals surface area contributed by atoms with Crippen molar-refractivity contribution in [2.75, 3.05) is 11.1 Å². The number of ether oxygens (including phenoxy) is 1. The maximum atomic E-state index is 12.1. The van der Waals surface area contributed by atoms with Gasteiger partial charge >= 0.3 is 6.36 Å². The summed E-state index contributed by atoms with van der Waals surface area (Å²) in [6, 6.07) is 4.95. The Labute approximate surface area is 124 Å². The van der Waals surface area contributed by atoms with Gasteiger partial charge in [0.2, 0.25) is 0 Å². The monoisotopic (exact) mass is 364 g/mol. The molecule has 1 aromatic heterocycles. The molecule has 0 saturated carbocycles. The smallest absolute Gasteiger partial charge is 0.405 e. The molecule has 2 aromatic rings. The van der Waals surface area contributed by atoms with Crippen LogP contribution in [0.15, 0.2) is 28.7 Å². The Hall–Kier alpha value is -2.23. The van der Waals surface area contributed by atoms with Crippen molar-refractivity contribution in [3.63, 3.8) is 0 Å². The lowest BCUT2D eigenvalue weighted by atomic mass is 10.3. The number of hydrogen-bond acceptors (Lipinski definition) is 4. The van der Waals surface area contributed by atoms with Crippen LogP contribution < -0.4 is 15.8 Å². The van der Waals surface area contributed by atoms with Crippen LogP contribution in [0.1, 0.15) is 10.5 Å². The van der Waals surface area contributed by atoms with Crippen LogP contribution in [0.5, 0.6) is 5.75 Å². The molecule has 1 heterocycles. The number of halogens is 4. The summed E-state index contributed by atoms with van der Waals surface area (Å²) in [4.78, 5) is 11.8. The van der Waals surface area contributed by atoms with E-state index in [9.17, 15) is 18.0 Å². The lowest BCUT2D eigenvalue weighted by Crippen LogP contribution is -2.17. The number of carbonyl (C=O) groups is 1. The Morgan fingerprint density at radius 2 is 2.10 bits per heavy atom. The fraction of sp³-hybridized carbons (Fsp3) is 0.0909. The quantitative estimate of drug-likeness (QED) is 0.780. The van der Waals surface area contributed by atoms with Gasteiger partial charge in [-0.3, -0.25) is 9.89 Å². The second-order valence-corrected chi connectivity index (χ2v) is 4.71. The number of anilines is 2. The molecule has 0 atom stereocenters. The molecule has 4 N–H and O–H groups in total. The van der Waals surface area contributed by atoms with Gasteiger partial charge in [-0.2, -0.15) is 5.10 Å². The highest BCUT2D eigenvalue weighted by Gasteiger charge is 2.32. The van der Waals surface area contributed by atoms with E-state index in [4.69, 9.17) is 5.73 Å². The molecule has 0 unspecified atom stereocenters. The van der Waals surface area contributed by atoms with Crippen molar-refractivity contribution in [1.82, 2.24) is 10.2 Å². The molecule has 0 radical (unpaired) electrons. The number of nitrogens with two attached hydrogens (primary N) is 1. The SMILES string of the molecule is Nc1cc(C(=O)Nc2ccc(OC(F)(F)F)c(Br)c2)[nH]n1. The molecule has 0 saturated heterocycles. The Kier molecular flexibility index (Phi) is 4.07. The summed E-state index contributed by atoms with van der Waals surface area (Å²) in [6.07, 6.45) is -4.79. The van der Waals surface area contributed by atoms with E-state index in [1.165, 1.54) is 18.2 Å². The summed E-state index contributed by atoms with van der Waals surface area (Å²) in [5.41, 5.74) is 5.76. The molecule has 2 rings (SSSR count). The molecular weight excluding hydrogens is 357 g/mol. The van der Waals surface area contributed by atoms with Crippen molar-refractivity contribution < 1.29 is 22.7 Å². The first-order chi connectivity index (χ1) is 9.74. The summed E-state index contributed by atoms with van der Waals surface area (Å²) in [7, 11) is 0. The molecule has 21 heavy (non-hydrogen) atoms. The summed E-state index contributed by atoms with van der Waals surface area (Å²) < 4.78 is 40.2. The lowest BCUT2D eigenvalue weighted by molar-refractivity contribution is -0.274. The van der Waals surface area contributed by atoms with E-state index in [1.807, 2.05) is 0 Å². The minimum atomic E-state index is -4.79. The predicted molar refractivity (Wildman–Crippen MR) is 71.8 cm³/mol. The van der Waals surface area contributed by atoms with Gasteiger partial charge in [-0.05, 0) is 34.1 Å². The average molecular weight is 365 g/mol. The number of nitrogen functional groups attached to an aromatic ring is 1. The van der Waals surface area contributed by atoms with Crippen molar-refractivity contribution in [3.8, 4) is 5.75 Å². The highest BCUT2D eigenvalue weighted by molar-refractivity contribution is 9.10. The van der Waals surface area contributed by atoms with E-state index in [1.54, 1.807) is 0 Å². The molecule has 6 nitrogen and oxygen atoms in total. The van der Waals surface area contributed by atoms with Crippen LogP contribution in [0.4, 0.5) is 24.7 Å². The number of rotatable bonds is 3. The summed E-state index contributed by atoms with van der Waals surface area (Å²) >= 11 is 2.93. The van der Waals surface area contributed by atoms with Gasteiger partial charge in [0.05, 0.1) is 4.47 Å². The first kappa shape index (κ1) is 15.2. The number of benzene rings is 1. The largest absolute Gasteiger partial charge is 0.573 e. The van der Waals surface area contributed by atoms with Gasteiger partial charge in [0, 0.05) is 11.8 Å². The minimum Gasteiger partial charge on any atom is -0.405 e. The molecule has 0 spiro atoms. The summed E-state index contributed by atoms with van der Waals surface area (Å²) in [5.74, 6) is -0.794. The van der Waals surface area contributed by atoms with Gasteiger partial charge < -0.3 is 15.8 Å². The molecule has 0 fully saturated rings. The Bertz CT molecular complexity index is 672. The molecule has 112 valence electrons. The molecule has 0 aliphatic rings. The number of aromatic amines is 1. The highest BCUT2D eigenvalue weighted by atomic mass is 79.9. The first-order valence-electron chi connectivity index (χ1n) is 5.42. The molecule has 10 heteroatoms. The third-order valence-corrected chi connectivity index (χ3v) is 2.88. The van der Waals surface area contributed by atoms with Crippen LogP contribution in [0.25, 0.3) is 0 Å². The first-order valence-corrected chi connectivity index (χ1v) is 6.21. The number of nitrogens with zero attached hydrogens (tertiary/aromatic N) is 1. The number of aromatic nitrogens is 2. The predicted octanol–water partition coefficient (Wildman–Crippen LogP) is 2.91. The fourth-order valence-corrected chi connectivity index (χ4v) is 1.90. The number of hydrogen-bond donors (Lipinski definition) is 3. The van der Waals surface area contributed by atoms with Crippen molar-refractivity contribution in [3.05, 3.63) is 34.4 Å². The molecule has 1 amide bonds. The highest BCUT2D eigenvalue weighted by Crippen LogP contribution is 2.32. The van der Waals surface area contributed by atoms with Crippen LogP contribution in [-0.4, -0.2) is 22.5 Å². The zero-order valence-corrected chi connectivity index (χ0v) is 11.7. The molecule has 0 aliphatic carbocycles. The van der Waals surface area contributed by atoms with Crippen LogP contribution in [0, 0.1) is 0 Å². The van der Waals surface area contributed by atoms with Crippen molar-refractivity contribution in [1.29, 1.82) is 0 Å². The van der Waals surface area contributed by atoms with Gasteiger partial charge in [0.25, 0.3) is 5.91 Å². The van der Waals surface area contributed by atoms with Crippen molar-refractivity contribution >= 4 is 33.3 Å². The number of alkyl halides is 3. The van der Waals surface area contributed by atoms with Gasteiger partial charge in [-0.1, -0.05) is 0 Å². The molecular formula is C11H8BrF3N4O2. The topological polar surface area (TPSA) is 93.0 Å². The zero-order valence-electron chi connectivity index (χ0n) is 10.2. The average Bonchev–Trinajstić information content (AvgIpc) is 2.78. The van der Waals surface area contributed by atoms with Crippen LogP contribution in [0.3, 0.4) is 0 Å². The third kappa shape index (κ3) is 4.12. The zero-order chi connectivity index (χ0) is 15.6. The van der Waals surface area contributed by atoms with E-state index >= 15 is 0 Å². The van der Waals surface area contributed by atoms with Crippen LogP contribution in [-0.2, 0) is 0 Å². The lowest BCUT2D eigenvalue weighted by Gasteiger charge is -2.11. The maximum absolute atomic E-state index is 12.1. The van der Waals surface area contributed by atoms with Crippen molar-refractivity contribution in [2.45, 2.75) is 6.36 Å². The molecule has 0 aliphatic heterocycles. The fourth-order valence-electron chi connectivity index (χ4n) is 1.44. The second kappa shape index (κ2) is 5.64. The minimum absolute atomic E-state index is 0.0433. The standard InChI is InChI=1S/C11H8BrF3N4O2/c12-6-3-5(1-2-8(6)21-11(13,14)15)17-10(20)7-4-9(16)19-18-7/h1-4H,(H,17,20)(H3,16,18,19). The van der Waals surface area contributed by atoms with Crippen LogP contribution in [0.2, 0.25) is 0 Å². The van der Waals surface area contributed by atoms with E-state index in [0.717, 1.165) is 6.07 Å². The maximum Gasteiger partial charge on any atom is 0.573 e. The number of nitrogens with one attached hydrogen (secondary N) is 2. The van der Waals surface area contributed by atoms with Gasteiger partial charge in [0.1, 0.15) is 17.3 Å². The van der Waals surface area contributed by atoms with E-state index in [-0.39, 0.29) is 21.7 Å². The Balaban J connectivity index is 2.11. The summed E-state index contributed by atoms with van der Waals surface area (Å²) in [5, 5.41) is 8.47. The van der Waals surface area contributed by atoms with E-state index < -0.39 is 18.0 Å². The number of carbonyl (C=O) groups excluding carboxylic acids is 1. The van der Waals surface area contributed by atoms with Crippen molar-refractivity contribution in [2.24, 2.45) is 0 Å². The normalized spacial score (nSPS) is 11.2. The second-order valence-electron chi connectivity index (χ2n) is 3.85. The summed E-state index contributed by atoms with van der Waals surface area (Å²) in [6.45, 7) is 0. The van der Waals surface area contributed by atoms with Crippen LogP contribution >= 0.6 is 15.9 Å². The van der Waals surface area contributed by atoms with Gasteiger partial charge in [-0.25, -0.2) is 0 Å². The Morgan fingerprint density at radius 3 is 2.62 bits per heavy atom. The Morgan fingerprint density at radius 1 is 1.38 bits per heavy atom. The van der Waals surface area contributed by atoms with E-state index in [0.29, 0.717) is 0 Å².